The van der Waals surface area contributed by atoms with Crippen LogP contribution < -0.4 is 0 Å². The molecule has 1 aliphatic rings. The summed E-state index contributed by atoms with van der Waals surface area (Å²) < 4.78 is 37.7. The molecule has 0 atom stereocenters. The van der Waals surface area contributed by atoms with E-state index >= 15 is 0 Å². The van der Waals surface area contributed by atoms with E-state index in [0.29, 0.717) is 18.8 Å². The summed E-state index contributed by atoms with van der Waals surface area (Å²) >= 11 is 0. The van der Waals surface area contributed by atoms with Gasteiger partial charge in [-0.1, -0.05) is 49.6 Å². The maximum atomic E-state index is 13.4. The molecule has 2 aromatic carbocycles. The van der Waals surface area contributed by atoms with Gasteiger partial charge in [0.05, 0.1) is 13.2 Å². The highest BCUT2D eigenvalue weighted by Crippen LogP contribution is 2.22. The second-order valence-electron chi connectivity index (χ2n) is 6.45. The fourth-order valence-electron chi connectivity index (χ4n) is 2.73. The molecule has 2 aromatic rings. The summed E-state index contributed by atoms with van der Waals surface area (Å²) in [5.74, 6) is 4.58. The van der Waals surface area contributed by atoms with Crippen molar-refractivity contribution in [1.29, 1.82) is 0 Å². The van der Waals surface area contributed by atoms with Crippen molar-refractivity contribution in [2.24, 2.45) is 5.92 Å². The van der Waals surface area contributed by atoms with Crippen LogP contribution in [-0.4, -0.2) is 19.5 Å². The maximum absolute atomic E-state index is 13.4. The van der Waals surface area contributed by atoms with Crippen LogP contribution in [0.1, 0.15) is 25.3 Å². The Bertz CT molecular complexity index is 839. The summed E-state index contributed by atoms with van der Waals surface area (Å²) in [6, 6.07) is 11.2. The van der Waals surface area contributed by atoms with Crippen LogP contribution in [0.4, 0.5) is 8.78 Å². The third-order valence-electron chi connectivity index (χ3n) is 4.26. The summed E-state index contributed by atoms with van der Waals surface area (Å²) in [6.45, 7) is 3.36. The molecule has 0 aliphatic carbocycles. The van der Waals surface area contributed by atoms with Gasteiger partial charge in [-0.2, -0.15) is 0 Å². The number of benzene rings is 2. The number of hydrogen-bond donors (Lipinski definition) is 0. The average molecular weight is 368 g/mol. The highest BCUT2D eigenvalue weighted by atomic mass is 19.2. The Morgan fingerprint density at radius 1 is 1.00 bits per heavy atom. The van der Waals surface area contributed by atoms with Gasteiger partial charge < -0.3 is 9.47 Å². The lowest BCUT2D eigenvalue weighted by Crippen LogP contribution is -2.30. The SMILES string of the molecule is CCC/C=C/C1COC(C#Cc2ccc(-c3ccc(F)c(F)c3)cc2)OC1. The Morgan fingerprint density at radius 3 is 2.37 bits per heavy atom. The fraction of sp³-hybridized carbons (Fsp3) is 0.304. The molecular formula is C23H22F2O2. The molecule has 1 saturated heterocycles. The first-order chi connectivity index (χ1) is 13.2. The number of unbranched alkanes of at least 4 members (excludes halogenated alkanes) is 1. The van der Waals surface area contributed by atoms with Crippen molar-refractivity contribution in [1.82, 2.24) is 0 Å². The fourth-order valence-corrected chi connectivity index (χ4v) is 2.73. The van der Waals surface area contributed by atoms with Gasteiger partial charge in [0.1, 0.15) is 0 Å². The lowest BCUT2D eigenvalue weighted by atomic mass is 10.0. The van der Waals surface area contributed by atoms with E-state index < -0.39 is 17.9 Å². The second kappa shape index (κ2) is 9.45. The van der Waals surface area contributed by atoms with Crippen LogP contribution in [0.5, 0.6) is 0 Å². The molecule has 0 saturated carbocycles. The molecule has 0 N–H and O–H groups in total. The minimum Gasteiger partial charge on any atom is -0.341 e. The monoisotopic (exact) mass is 368 g/mol. The van der Waals surface area contributed by atoms with Gasteiger partial charge in [0, 0.05) is 11.5 Å². The van der Waals surface area contributed by atoms with Gasteiger partial charge >= 0.3 is 0 Å². The third-order valence-corrected chi connectivity index (χ3v) is 4.26. The van der Waals surface area contributed by atoms with Crippen LogP contribution in [0, 0.1) is 29.4 Å². The van der Waals surface area contributed by atoms with E-state index in [0.717, 1.165) is 30.0 Å². The first kappa shape index (κ1) is 19.3. The molecular weight excluding hydrogens is 346 g/mol. The number of rotatable bonds is 4. The van der Waals surface area contributed by atoms with Crippen LogP contribution >= 0.6 is 0 Å². The molecule has 0 amide bonds. The normalized spacial score (nSPS) is 19.7. The molecule has 2 nitrogen and oxygen atoms in total. The van der Waals surface area contributed by atoms with Crippen molar-refractivity contribution in [2.45, 2.75) is 26.1 Å². The van der Waals surface area contributed by atoms with Crippen LogP contribution in [-0.2, 0) is 9.47 Å². The lowest BCUT2D eigenvalue weighted by Gasteiger charge is -2.24. The predicted molar refractivity (Wildman–Crippen MR) is 102 cm³/mol. The summed E-state index contributed by atoms with van der Waals surface area (Å²) in [7, 11) is 0. The largest absolute Gasteiger partial charge is 0.341 e. The first-order valence-electron chi connectivity index (χ1n) is 9.12. The Morgan fingerprint density at radius 2 is 1.70 bits per heavy atom. The highest BCUT2D eigenvalue weighted by molar-refractivity contribution is 5.64. The number of allylic oxidation sites excluding steroid dienone is 1. The molecule has 0 bridgehead atoms. The third kappa shape index (κ3) is 5.50. The van der Waals surface area contributed by atoms with Crippen molar-refractivity contribution < 1.29 is 18.3 Å². The summed E-state index contributed by atoms with van der Waals surface area (Å²) in [5, 5.41) is 0. The van der Waals surface area contributed by atoms with Gasteiger partial charge in [-0.05, 0) is 47.7 Å². The molecule has 0 unspecified atom stereocenters. The van der Waals surface area contributed by atoms with Crippen molar-refractivity contribution in [3.63, 3.8) is 0 Å². The smallest absolute Gasteiger partial charge is 0.222 e. The molecule has 0 aromatic heterocycles. The minimum absolute atomic E-state index is 0.282. The molecule has 1 heterocycles. The van der Waals surface area contributed by atoms with Crippen LogP contribution in [0.25, 0.3) is 11.1 Å². The quantitative estimate of drug-likeness (QED) is 0.536. The van der Waals surface area contributed by atoms with Crippen molar-refractivity contribution in [3.05, 3.63) is 71.8 Å². The zero-order chi connectivity index (χ0) is 19.1. The van der Waals surface area contributed by atoms with Gasteiger partial charge in [-0.15, -0.1) is 0 Å². The molecule has 4 heteroatoms. The second-order valence-corrected chi connectivity index (χ2v) is 6.45. The zero-order valence-corrected chi connectivity index (χ0v) is 15.3. The van der Waals surface area contributed by atoms with Gasteiger partial charge in [0.2, 0.25) is 6.29 Å². The molecule has 0 spiro atoms. The van der Waals surface area contributed by atoms with Crippen molar-refractivity contribution >= 4 is 0 Å². The van der Waals surface area contributed by atoms with Gasteiger partial charge in [0.25, 0.3) is 0 Å². The van der Waals surface area contributed by atoms with Crippen LogP contribution in [0.3, 0.4) is 0 Å². The van der Waals surface area contributed by atoms with Crippen molar-refractivity contribution in [2.75, 3.05) is 13.2 Å². The number of ether oxygens (including phenoxy) is 2. The summed E-state index contributed by atoms with van der Waals surface area (Å²) in [4.78, 5) is 0. The van der Waals surface area contributed by atoms with E-state index in [2.05, 4.69) is 30.9 Å². The summed E-state index contributed by atoms with van der Waals surface area (Å²) in [5.41, 5.74) is 2.22. The van der Waals surface area contributed by atoms with Crippen LogP contribution in [0.2, 0.25) is 0 Å². The van der Waals surface area contributed by atoms with E-state index in [1.54, 1.807) is 6.07 Å². The zero-order valence-electron chi connectivity index (χ0n) is 15.3. The Kier molecular flexibility index (Phi) is 6.75. The van der Waals surface area contributed by atoms with Crippen molar-refractivity contribution in [3.8, 4) is 23.0 Å². The molecule has 3 rings (SSSR count). The lowest BCUT2D eigenvalue weighted by molar-refractivity contribution is -0.160. The Hall–Kier alpha value is -2.48. The molecule has 1 fully saturated rings. The standard InChI is InChI=1S/C23H22F2O2/c1-2-3-4-5-18-15-26-23(27-16-18)13-8-17-6-9-19(10-7-17)20-11-12-21(24)22(25)14-20/h4-7,9-12,14,18,23H,2-3,15-16H2,1H3/b5-4+. The van der Waals surface area contributed by atoms with E-state index in [1.165, 1.54) is 6.07 Å². The van der Waals surface area contributed by atoms with E-state index in [-0.39, 0.29) is 5.92 Å². The Labute approximate surface area is 158 Å². The number of halogens is 2. The topological polar surface area (TPSA) is 18.5 Å². The molecule has 0 radical (unpaired) electrons. The van der Waals surface area contributed by atoms with E-state index in [4.69, 9.17) is 9.47 Å². The Balaban J connectivity index is 1.57. The number of hydrogen-bond acceptors (Lipinski definition) is 2. The van der Waals surface area contributed by atoms with E-state index in [9.17, 15) is 8.78 Å². The predicted octanol–water partition coefficient (Wildman–Crippen LogP) is 5.33. The van der Waals surface area contributed by atoms with Crippen LogP contribution in [0.15, 0.2) is 54.6 Å². The molecule has 1 aliphatic heterocycles. The molecule has 140 valence electrons. The minimum atomic E-state index is -0.856. The van der Waals surface area contributed by atoms with Gasteiger partial charge in [0.15, 0.2) is 11.6 Å². The summed E-state index contributed by atoms with van der Waals surface area (Å²) in [6.07, 6.45) is 5.99. The van der Waals surface area contributed by atoms with Gasteiger partial charge in [-0.25, -0.2) is 8.78 Å². The molecule has 27 heavy (non-hydrogen) atoms. The maximum Gasteiger partial charge on any atom is 0.222 e. The average Bonchev–Trinajstić information content (AvgIpc) is 2.70. The first-order valence-corrected chi connectivity index (χ1v) is 9.12. The van der Waals surface area contributed by atoms with Gasteiger partial charge in [-0.3, -0.25) is 0 Å². The highest BCUT2D eigenvalue weighted by Gasteiger charge is 2.18. The van der Waals surface area contributed by atoms with E-state index in [1.807, 2.05) is 24.3 Å².